The van der Waals surface area contributed by atoms with Crippen LogP contribution in [0, 0.1) is 23.4 Å². The van der Waals surface area contributed by atoms with Gasteiger partial charge in [0.05, 0.1) is 24.6 Å². The average molecular weight is 379 g/mol. The van der Waals surface area contributed by atoms with E-state index in [9.17, 15) is 13.2 Å². The fourth-order valence-electron chi connectivity index (χ4n) is 3.59. The molecule has 1 aromatic carbocycles. The molecule has 1 saturated heterocycles. The molecule has 1 aromatic heterocycles. The first-order valence-electron chi connectivity index (χ1n) is 8.14. The van der Waals surface area contributed by atoms with Crippen molar-refractivity contribution >= 4 is 16.9 Å². The number of hydrogen-bond acceptors (Lipinski definition) is 5. The minimum absolute atomic E-state index is 0.0784. The molecule has 3 heterocycles. The number of thioether (sulfide) groups is 1. The van der Waals surface area contributed by atoms with E-state index in [-0.39, 0.29) is 24.2 Å². The lowest BCUT2D eigenvalue weighted by Crippen LogP contribution is -2.48. The molecule has 136 valence electrons. The Kier molecular flexibility index (Phi) is 4.40. The van der Waals surface area contributed by atoms with E-state index in [2.05, 4.69) is 9.98 Å². The Balaban J connectivity index is 1.71. The Morgan fingerprint density at radius 2 is 1.96 bits per heavy atom. The summed E-state index contributed by atoms with van der Waals surface area (Å²) in [6.07, 6.45) is 1.33. The van der Waals surface area contributed by atoms with E-state index in [4.69, 9.17) is 10.5 Å². The topological polar surface area (TPSA) is 60.5 Å². The fourth-order valence-corrected chi connectivity index (χ4v) is 4.60. The van der Waals surface area contributed by atoms with E-state index < -0.39 is 23.0 Å². The Labute approximate surface area is 152 Å². The molecule has 0 bridgehead atoms. The van der Waals surface area contributed by atoms with Gasteiger partial charge in [-0.1, -0.05) is 17.8 Å². The molecule has 3 atom stereocenters. The number of fused-ring (bicyclic) bond motifs is 1. The number of pyridine rings is 1. The maximum atomic E-state index is 14.5. The Morgan fingerprint density at radius 1 is 1.15 bits per heavy atom. The van der Waals surface area contributed by atoms with Crippen LogP contribution in [0.25, 0.3) is 0 Å². The molecule has 2 aliphatic rings. The molecule has 26 heavy (non-hydrogen) atoms. The van der Waals surface area contributed by atoms with Gasteiger partial charge in [-0.2, -0.15) is 0 Å². The number of nitrogens with zero attached hydrogens (tertiary/aromatic N) is 2. The highest BCUT2D eigenvalue weighted by Crippen LogP contribution is 2.49. The van der Waals surface area contributed by atoms with Crippen LogP contribution in [-0.2, 0) is 10.3 Å². The van der Waals surface area contributed by atoms with Crippen molar-refractivity contribution in [2.24, 2.45) is 16.6 Å². The number of nitrogens with two attached hydrogens (primary N) is 1. The standard InChI is InChI=1S/C18H16F3N3OS/c19-11-1-3-13(14(21)6-11)18-9-25-16(15-4-2-12(20)7-23-15)5-10(18)8-26-17(22)24-18/h1-4,6-7,10,16H,5,8-9H2,(H2,22,24)/t10-,16?,18-/m0/s1. The van der Waals surface area contributed by atoms with Gasteiger partial charge >= 0.3 is 0 Å². The summed E-state index contributed by atoms with van der Waals surface area (Å²) in [6, 6.07) is 6.38. The van der Waals surface area contributed by atoms with Crippen LogP contribution in [0.1, 0.15) is 23.8 Å². The molecule has 1 fully saturated rings. The lowest BCUT2D eigenvalue weighted by molar-refractivity contribution is -0.0606. The van der Waals surface area contributed by atoms with Crippen LogP contribution in [0.3, 0.4) is 0 Å². The molecule has 0 spiro atoms. The molecule has 2 aromatic rings. The van der Waals surface area contributed by atoms with E-state index in [0.717, 1.165) is 12.3 Å². The minimum Gasteiger partial charge on any atom is -0.379 e. The van der Waals surface area contributed by atoms with Gasteiger partial charge in [-0.05, 0) is 24.6 Å². The number of ether oxygens (including phenoxy) is 1. The van der Waals surface area contributed by atoms with Crippen LogP contribution in [0.15, 0.2) is 41.5 Å². The molecular formula is C18H16F3N3OS. The van der Waals surface area contributed by atoms with Gasteiger partial charge in [-0.3, -0.25) is 4.98 Å². The van der Waals surface area contributed by atoms with Gasteiger partial charge in [0, 0.05) is 23.3 Å². The first-order chi connectivity index (χ1) is 12.5. The van der Waals surface area contributed by atoms with Crippen LogP contribution < -0.4 is 5.73 Å². The number of amidine groups is 1. The van der Waals surface area contributed by atoms with Crippen molar-refractivity contribution in [3.8, 4) is 0 Å². The molecular weight excluding hydrogens is 363 g/mol. The van der Waals surface area contributed by atoms with Crippen LogP contribution in [-0.4, -0.2) is 22.5 Å². The highest BCUT2D eigenvalue weighted by molar-refractivity contribution is 8.13. The van der Waals surface area contributed by atoms with Crippen LogP contribution in [0.4, 0.5) is 13.2 Å². The molecule has 4 nitrogen and oxygen atoms in total. The van der Waals surface area contributed by atoms with Gasteiger partial charge in [-0.25, -0.2) is 18.2 Å². The maximum absolute atomic E-state index is 14.5. The summed E-state index contributed by atoms with van der Waals surface area (Å²) in [5, 5.41) is 0.354. The predicted octanol–water partition coefficient (Wildman–Crippen LogP) is 3.53. The van der Waals surface area contributed by atoms with Gasteiger partial charge in [-0.15, -0.1) is 0 Å². The Hall–Kier alpha value is -2.06. The fraction of sp³-hybridized carbons (Fsp3) is 0.333. The van der Waals surface area contributed by atoms with E-state index in [1.54, 1.807) is 6.07 Å². The Morgan fingerprint density at radius 3 is 2.69 bits per heavy atom. The van der Waals surface area contributed by atoms with Gasteiger partial charge in [0.25, 0.3) is 0 Å². The van der Waals surface area contributed by atoms with Crippen molar-refractivity contribution in [1.29, 1.82) is 0 Å². The van der Waals surface area contributed by atoms with E-state index in [0.29, 0.717) is 23.0 Å². The lowest BCUT2D eigenvalue weighted by atomic mass is 9.74. The highest BCUT2D eigenvalue weighted by atomic mass is 32.2. The van der Waals surface area contributed by atoms with E-state index in [1.165, 1.54) is 30.0 Å². The smallest absolute Gasteiger partial charge is 0.154 e. The number of benzene rings is 1. The van der Waals surface area contributed by atoms with Gasteiger partial charge in [0.15, 0.2) is 5.17 Å². The molecule has 2 N–H and O–H groups in total. The van der Waals surface area contributed by atoms with Crippen LogP contribution >= 0.6 is 11.8 Å². The lowest BCUT2D eigenvalue weighted by Gasteiger charge is -2.46. The molecule has 0 saturated carbocycles. The van der Waals surface area contributed by atoms with Crippen LogP contribution in [0.5, 0.6) is 0 Å². The van der Waals surface area contributed by atoms with E-state index in [1.807, 2.05) is 0 Å². The number of aliphatic imine (C=N–C) groups is 1. The Bertz CT molecular complexity index is 861. The highest BCUT2D eigenvalue weighted by Gasteiger charge is 2.49. The zero-order chi connectivity index (χ0) is 18.3. The predicted molar refractivity (Wildman–Crippen MR) is 93.1 cm³/mol. The summed E-state index contributed by atoms with van der Waals surface area (Å²) in [4.78, 5) is 8.62. The van der Waals surface area contributed by atoms with Gasteiger partial charge in [0.2, 0.25) is 0 Å². The molecule has 0 amide bonds. The van der Waals surface area contributed by atoms with Gasteiger partial charge < -0.3 is 10.5 Å². The second-order valence-electron chi connectivity index (χ2n) is 6.44. The normalized spacial score (nSPS) is 28.3. The summed E-state index contributed by atoms with van der Waals surface area (Å²) >= 11 is 1.40. The minimum atomic E-state index is -0.996. The zero-order valence-electron chi connectivity index (χ0n) is 13.7. The van der Waals surface area contributed by atoms with Crippen molar-refractivity contribution in [3.63, 3.8) is 0 Å². The van der Waals surface area contributed by atoms with E-state index >= 15 is 0 Å². The van der Waals surface area contributed by atoms with Crippen molar-refractivity contribution in [2.45, 2.75) is 18.1 Å². The summed E-state index contributed by atoms with van der Waals surface area (Å²) in [6.45, 7) is 0.0885. The second kappa shape index (κ2) is 6.59. The van der Waals surface area contributed by atoms with Crippen molar-refractivity contribution < 1.29 is 17.9 Å². The third-order valence-corrected chi connectivity index (χ3v) is 5.85. The molecule has 0 radical (unpaired) electrons. The van der Waals surface area contributed by atoms with Crippen molar-refractivity contribution in [2.75, 3.05) is 12.4 Å². The number of hydrogen-bond donors (Lipinski definition) is 1. The monoisotopic (exact) mass is 379 g/mol. The number of halogens is 3. The maximum Gasteiger partial charge on any atom is 0.154 e. The first-order valence-corrected chi connectivity index (χ1v) is 9.13. The second-order valence-corrected chi connectivity index (χ2v) is 7.48. The van der Waals surface area contributed by atoms with Crippen LogP contribution in [0.2, 0.25) is 0 Å². The van der Waals surface area contributed by atoms with Gasteiger partial charge in [0.1, 0.15) is 23.0 Å². The summed E-state index contributed by atoms with van der Waals surface area (Å²) < 4.78 is 46.9. The number of rotatable bonds is 2. The third kappa shape index (κ3) is 2.97. The quantitative estimate of drug-likeness (QED) is 0.867. The van der Waals surface area contributed by atoms with Crippen molar-refractivity contribution in [1.82, 2.24) is 4.98 Å². The zero-order valence-corrected chi connectivity index (χ0v) is 14.5. The molecule has 8 heteroatoms. The summed E-state index contributed by atoms with van der Waals surface area (Å²) in [7, 11) is 0. The summed E-state index contributed by atoms with van der Waals surface area (Å²) in [5.41, 5.74) is 5.81. The first kappa shape index (κ1) is 17.4. The molecule has 2 aliphatic heterocycles. The average Bonchev–Trinajstić information content (AvgIpc) is 2.61. The molecule has 1 unspecified atom stereocenters. The summed E-state index contributed by atoms with van der Waals surface area (Å²) in [5.74, 6) is -1.18. The SMILES string of the molecule is NC1=N[C@@]2(c3ccc(F)cc3F)COC(c3ccc(F)cn3)C[C@H]2CS1. The molecule has 0 aliphatic carbocycles. The largest absolute Gasteiger partial charge is 0.379 e. The third-order valence-electron chi connectivity index (χ3n) is 4.90. The number of aromatic nitrogens is 1. The van der Waals surface area contributed by atoms with Crippen molar-refractivity contribution in [3.05, 3.63) is 65.2 Å². The molecule has 4 rings (SSSR count).